The molecule has 1 saturated heterocycles. The van der Waals surface area contributed by atoms with E-state index in [1.807, 2.05) is 17.9 Å². The lowest BCUT2D eigenvalue weighted by atomic mass is 10.1. The van der Waals surface area contributed by atoms with Crippen molar-refractivity contribution in [2.24, 2.45) is 5.73 Å². The summed E-state index contributed by atoms with van der Waals surface area (Å²) in [4.78, 5) is 26.8. The summed E-state index contributed by atoms with van der Waals surface area (Å²) in [5.74, 6) is -0.468. The van der Waals surface area contributed by atoms with E-state index in [4.69, 9.17) is 15.7 Å². The Kier molecular flexibility index (Phi) is 6.42. The molecule has 0 aromatic heterocycles. The van der Waals surface area contributed by atoms with Crippen LogP contribution in [-0.4, -0.2) is 67.0 Å². The van der Waals surface area contributed by atoms with Gasteiger partial charge in [-0.05, 0) is 6.92 Å². The van der Waals surface area contributed by atoms with Gasteiger partial charge < -0.3 is 15.4 Å². The van der Waals surface area contributed by atoms with Gasteiger partial charge in [0, 0.05) is 33.1 Å². The van der Waals surface area contributed by atoms with Gasteiger partial charge in [-0.2, -0.15) is 5.26 Å². The minimum absolute atomic E-state index is 0.0392. The molecule has 0 unspecified atom stereocenters. The molecule has 0 aromatic rings. The van der Waals surface area contributed by atoms with Gasteiger partial charge in [-0.3, -0.25) is 14.5 Å². The molecule has 0 aromatic carbocycles. The molecule has 7 nitrogen and oxygen atoms in total. The van der Waals surface area contributed by atoms with E-state index < -0.39 is 11.9 Å². The third-order valence-electron chi connectivity index (χ3n) is 3.49. The van der Waals surface area contributed by atoms with Crippen molar-refractivity contribution in [3.05, 3.63) is 0 Å². The number of nitrogens with zero attached hydrogens (tertiary/aromatic N) is 3. The Balaban J connectivity index is 2.48. The van der Waals surface area contributed by atoms with Gasteiger partial charge in [0.1, 0.15) is 6.04 Å². The average Bonchev–Trinajstić information content (AvgIpc) is 2.41. The van der Waals surface area contributed by atoms with Crippen molar-refractivity contribution in [1.82, 2.24) is 9.80 Å². The molecule has 0 aliphatic carbocycles. The zero-order chi connectivity index (χ0) is 15.1. The van der Waals surface area contributed by atoms with Gasteiger partial charge in [-0.1, -0.05) is 0 Å². The van der Waals surface area contributed by atoms with Crippen molar-refractivity contribution < 1.29 is 14.3 Å². The fourth-order valence-electron chi connectivity index (χ4n) is 2.32. The van der Waals surface area contributed by atoms with Crippen LogP contribution in [0.1, 0.15) is 19.8 Å². The molecular formula is C13H22N4O3. The third-order valence-corrected chi connectivity index (χ3v) is 3.49. The van der Waals surface area contributed by atoms with Crippen LogP contribution in [-0.2, 0) is 14.3 Å². The second-order valence-corrected chi connectivity index (χ2v) is 4.93. The molecule has 1 aliphatic heterocycles. The summed E-state index contributed by atoms with van der Waals surface area (Å²) in [5.41, 5.74) is 5.39. The molecule has 2 atom stereocenters. The number of carbonyl (C=O) groups excluding carboxylic acids is 2. The summed E-state index contributed by atoms with van der Waals surface area (Å²) < 4.78 is 5.42. The molecule has 0 bridgehead atoms. The van der Waals surface area contributed by atoms with Crippen molar-refractivity contribution in [1.29, 1.82) is 5.26 Å². The molecule has 1 aliphatic rings. The Morgan fingerprint density at radius 3 is 2.85 bits per heavy atom. The summed E-state index contributed by atoms with van der Waals surface area (Å²) >= 11 is 0. The largest absolute Gasteiger partial charge is 0.375 e. The number of carbonyl (C=O) groups is 2. The van der Waals surface area contributed by atoms with Crippen molar-refractivity contribution in [2.75, 3.05) is 33.3 Å². The van der Waals surface area contributed by atoms with E-state index in [1.54, 1.807) is 7.05 Å². The zero-order valence-corrected chi connectivity index (χ0v) is 12.0. The van der Waals surface area contributed by atoms with E-state index in [9.17, 15) is 9.59 Å². The van der Waals surface area contributed by atoms with Crippen LogP contribution >= 0.6 is 0 Å². The van der Waals surface area contributed by atoms with Crippen molar-refractivity contribution in [3.63, 3.8) is 0 Å². The average molecular weight is 282 g/mol. The van der Waals surface area contributed by atoms with E-state index in [0.717, 1.165) is 0 Å². The van der Waals surface area contributed by atoms with Gasteiger partial charge in [0.25, 0.3) is 0 Å². The van der Waals surface area contributed by atoms with E-state index in [0.29, 0.717) is 39.1 Å². The first-order valence-corrected chi connectivity index (χ1v) is 6.73. The fourth-order valence-corrected chi connectivity index (χ4v) is 2.32. The number of amides is 2. The second kappa shape index (κ2) is 7.82. The maximum Gasteiger partial charge on any atom is 0.237 e. The Bertz CT molecular complexity index is 394. The number of rotatable bonds is 6. The summed E-state index contributed by atoms with van der Waals surface area (Å²) in [7, 11) is 1.67. The Morgan fingerprint density at radius 1 is 1.55 bits per heavy atom. The highest BCUT2D eigenvalue weighted by molar-refractivity contribution is 5.81. The predicted molar refractivity (Wildman–Crippen MR) is 72.5 cm³/mol. The number of nitriles is 1. The van der Waals surface area contributed by atoms with Crippen molar-refractivity contribution >= 4 is 11.8 Å². The Morgan fingerprint density at radius 2 is 2.25 bits per heavy atom. The number of hydrogen-bond donors (Lipinski definition) is 1. The molecule has 7 heteroatoms. The minimum Gasteiger partial charge on any atom is -0.375 e. The lowest BCUT2D eigenvalue weighted by Gasteiger charge is -2.37. The molecule has 0 saturated carbocycles. The van der Waals surface area contributed by atoms with Crippen molar-refractivity contribution in [3.8, 4) is 6.07 Å². The third kappa shape index (κ3) is 4.47. The monoisotopic (exact) mass is 282 g/mol. The van der Waals surface area contributed by atoms with Crippen LogP contribution in [0.3, 0.4) is 0 Å². The van der Waals surface area contributed by atoms with Gasteiger partial charge in [0.05, 0.1) is 25.2 Å². The first kappa shape index (κ1) is 16.4. The predicted octanol–water partition coefficient (Wildman–Crippen LogP) is -0.677. The molecule has 0 radical (unpaired) electrons. The van der Waals surface area contributed by atoms with E-state index in [2.05, 4.69) is 0 Å². The van der Waals surface area contributed by atoms with Gasteiger partial charge in [-0.25, -0.2) is 0 Å². The molecular weight excluding hydrogens is 260 g/mol. The first-order valence-electron chi connectivity index (χ1n) is 6.73. The van der Waals surface area contributed by atoms with Crippen LogP contribution < -0.4 is 5.73 Å². The Labute approximate surface area is 119 Å². The van der Waals surface area contributed by atoms with E-state index >= 15 is 0 Å². The maximum absolute atomic E-state index is 11.9. The normalized spacial score (nSPS) is 23.1. The zero-order valence-electron chi connectivity index (χ0n) is 12.0. The quantitative estimate of drug-likeness (QED) is 0.696. The first-order chi connectivity index (χ1) is 9.47. The van der Waals surface area contributed by atoms with Crippen LogP contribution in [0.2, 0.25) is 0 Å². The van der Waals surface area contributed by atoms with Gasteiger partial charge in [0.15, 0.2) is 0 Å². The van der Waals surface area contributed by atoms with E-state index in [1.165, 1.54) is 4.90 Å². The van der Waals surface area contributed by atoms with Crippen LogP contribution in [0.4, 0.5) is 0 Å². The maximum atomic E-state index is 11.9. The molecule has 112 valence electrons. The lowest BCUT2D eigenvalue weighted by molar-refractivity contribution is -0.139. The fraction of sp³-hybridized carbons (Fsp3) is 0.769. The van der Waals surface area contributed by atoms with Crippen LogP contribution in [0.15, 0.2) is 0 Å². The van der Waals surface area contributed by atoms with Gasteiger partial charge in [-0.15, -0.1) is 0 Å². The summed E-state index contributed by atoms with van der Waals surface area (Å²) in [5, 5.41) is 8.49. The molecule has 1 heterocycles. The number of hydrogen-bond acceptors (Lipinski definition) is 5. The number of primary amides is 1. The molecule has 2 N–H and O–H groups in total. The lowest BCUT2D eigenvalue weighted by Crippen LogP contribution is -2.57. The van der Waals surface area contributed by atoms with Crippen LogP contribution in [0, 0.1) is 11.3 Å². The van der Waals surface area contributed by atoms with Crippen molar-refractivity contribution in [2.45, 2.75) is 31.9 Å². The number of nitrogens with two attached hydrogens (primary N) is 1. The summed E-state index contributed by atoms with van der Waals surface area (Å²) in [6, 6.07) is 1.52. The smallest absolute Gasteiger partial charge is 0.237 e. The van der Waals surface area contributed by atoms with Crippen LogP contribution in [0.5, 0.6) is 0 Å². The highest BCUT2D eigenvalue weighted by Gasteiger charge is 2.33. The number of ether oxygens (including phenoxy) is 1. The molecule has 1 fully saturated rings. The number of morpholine rings is 1. The topological polar surface area (TPSA) is 99.7 Å². The Hall–Kier alpha value is -1.65. The molecule has 1 rings (SSSR count). The standard InChI is InChI=1S/C13H22N4O3/c1-10-12(13(15)19)17(8-9-20-10)7-4-11(18)16(2)6-3-5-14/h10,12H,3-4,6-9H2,1-2H3,(H2,15,19)/t10-,12+/m1/s1. The van der Waals surface area contributed by atoms with Crippen LogP contribution in [0.25, 0.3) is 0 Å². The minimum atomic E-state index is -0.485. The summed E-state index contributed by atoms with van der Waals surface area (Å²) in [6.07, 6.45) is 0.367. The summed E-state index contributed by atoms with van der Waals surface area (Å²) in [6.45, 7) is 3.82. The molecule has 2 amide bonds. The van der Waals surface area contributed by atoms with Gasteiger partial charge >= 0.3 is 0 Å². The highest BCUT2D eigenvalue weighted by Crippen LogP contribution is 2.14. The van der Waals surface area contributed by atoms with E-state index in [-0.39, 0.29) is 12.0 Å². The molecule has 20 heavy (non-hydrogen) atoms. The SMILES string of the molecule is C[C@H]1OCCN(CCC(=O)N(C)CCC#N)[C@@H]1C(N)=O. The highest BCUT2D eigenvalue weighted by atomic mass is 16.5. The van der Waals surface area contributed by atoms with Gasteiger partial charge in [0.2, 0.25) is 11.8 Å². The molecule has 0 spiro atoms. The second-order valence-electron chi connectivity index (χ2n) is 4.93.